The number of unbranched alkanes of at least 4 members (excludes halogenated alkanes) is 3. The van der Waals surface area contributed by atoms with Crippen molar-refractivity contribution in [2.45, 2.75) is 59.5 Å². The monoisotopic (exact) mass is 505 g/mol. The van der Waals surface area contributed by atoms with Crippen LogP contribution in [0.1, 0.15) is 69.7 Å². The van der Waals surface area contributed by atoms with E-state index in [1.54, 1.807) is 35.6 Å². The van der Waals surface area contributed by atoms with Crippen molar-refractivity contribution in [3.63, 3.8) is 0 Å². The Bertz CT molecular complexity index is 1430. The Morgan fingerprint density at radius 1 is 1.03 bits per heavy atom. The van der Waals surface area contributed by atoms with E-state index in [9.17, 15) is 14.4 Å². The Balaban J connectivity index is 1.52. The first kappa shape index (κ1) is 25.6. The Morgan fingerprint density at radius 2 is 1.81 bits per heavy atom. The molecule has 1 aromatic carbocycles. The van der Waals surface area contributed by atoms with Crippen molar-refractivity contribution in [1.29, 1.82) is 0 Å². The largest absolute Gasteiger partial charge is 0.452 e. The molecule has 0 amide bonds. The summed E-state index contributed by atoms with van der Waals surface area (Å²) in [5.41, 5.74) is 2.17. The smallest absolute Gasteiger partial charge is 0.359 e. The topological polar surface area (TPSA) is 83.2 Å². The van der Waals surface area contributed by atoms with E-state index in [1.807, 2.05) is 31.4 Å². The van der Waals surface area contributed by atoms with Gasteiger partial charge in [0.25, 0.3) is 5.56 Å². The Hall–Kier alpha value is -3.52. The van der Waals surface area contributed by atoms with Gasteiger partial charge >= 0.3 is 5.97 Å². The van der Waals surface area contributed by atoms with E-state index >= 15 is 0 Å². The van der Waals surface area contributed by atoms with Crippen LogP contribution in [0.15, 0.2) is 52.6 Å². The van der Waals surface area contributed by atoms with E-state index in [0.29, 0.717) is 29.4 Å². The number of thiophene rings is 1. The lowest BCUT2D eigenvalue weighted by Crippen LogP contribution is -2.27. The van der Waals surface area contributed by atoms with Crippen LogP contribution in [-0.4, -0.2) is 32.7 Å². The molecule has 8 heteroatoms. The van der Waals surface area contributed by atoms with Gasteiger partial charge in [-0.2, -0.15) is 5.10 Å². The van der Waals surface area contributed by atoms with Crippen LogP contribution in [0, 0.1) is 13.8 Å². The third-order valence-electron chi connectivity index (χ3n) is 6.39. The van der Waals surface area contributed by atoms with Crippen molar-refractivity contribution in [2.75, 3.05) is 6.61 Å². The number of nitrogens with zero attached hydrogens (tertiary/aromatic N) is 3. The average Bonchev–Trinajstić information content (AvgIpc) is 3.50. The number of hydrogen-bond donors (Lipinski definition) is 0. The van der Waals surface area contributed by atoms with E-state index in [2.05, 4.69) is 22.7 Å². The lowest BCUT2D eigenvalue weighted by atomic mass is 10.1. The highest BCUT2D eigenvalue weighted by atomic mass is 32.1. The molecule has 4 rings (SSSR count). The van der Waals surface area contributed by atoms with E-state index in [4.69, 9.17) is 4.74 Å². The van der Waals surface area contributed by atoms with Gasteiger partial charge in [0, 0.05) is 33.8 Å². The summed E-state index contributed by atoms with van der Waals surface area (Å²) in [7, 11) is 0. The standard InChI is InChI=1S/C28H31N3O4S/c1-4-5-6-9-14-31-27(33)23-13-8-7-12-22(23)26(29-31)28(34)35-18-25(32)24-16-19(2)30(20(24)3)17-21-11-10-15-36-21/h7-8,10-13,15-16H,4-6,9,14,17-18H2,1-3H3. The van der Waals surface area contributed by atoms with Gasteiger partial charge in [-0.05, 0) is 43.8 Å². The fraction of sp³-hybridized carbons (Fsp3) is 0.357. The highest BCUT2D eigenvalue weighted by Gasteiger charge is 2.21. The fourth-order valence-corrected chi connectivity index (χ4v) is 5.08. The molecular weight excluding hydrogens is 474 g/mol. The van der Waals surface area contributed by atoms with Gasteiger partial charge in [0.15, 0.2) is 12.3 Å². The zero-order chi connectivity index (χ0) is 25.7. The Morgan fingerprint density at radius 3 is 2.53 bits per heavy atom. The maximum absolute atomic E-state index is 13.0. The van der Waals surface area contributed by atoms with Crippen molar-refractivity contribution in [2.24, 2.45) is 0 Å². The van der Waals surface area contributed by atoms with Gasteiger partial charge in [0.1, 0.15) is 0 Å². The molecule has 0 N–H and O–H groups in total. The molecule has 188 valence electrons. The summed E-state index contributed by atoms with van der Waals surface area (Å²) in [6, 6.07) is 12.8. The first-order valence-electron chi connectivity index (χ1n) is 12.3. The number of fused-ring (bicyclic) bond motifs is 1. The number of benzene rings is 1. The van der Waals surface area contributed by atoms with E-state index in [-0.39, 0.29) is 17.0 Å². The number of aromatic nitrogens is 3. The highest BCUT2D eigenvalue weighted by molar-refractivity contribution is 7.09. The molecular formula is C28H31N3O4S. The second-order valence-corrected chi connectivity index (χ2v) is 9.97. The number of ketones is 1. The van der Waals surface area contributed by atoms with Gasteiger partial charge in [0.05, 0.1) is 11.9 Å². The van der Waals surface area contributed by atoms with Crippen LogP contribution in [0.5, 0.6) is 0 Å². The number of carbonyl (C=O) groups excluding carboxylic acids is 2. The number of Topliss-reactive ketones (excluding diaryl/α,β-unsaturated/α-hetero) is 1. The molecule has 7 nitrogen and oxygen atoms in total. The minimum atomic E-state index is -0.714. The van der Waals surface area contributed by atoms with Crippen LogP contribution in [0.25, 0.3) is 10.8 Å². The van der Waals surface area contributed by atoms with Crippen molar-refractivity contribution in [3.8, 4) is 0 Å². The molecule has 0 spiro atoms. The van der Waals surface area contributed by atoms with Gasteiger partial charge in [-0.3, -0.25) is 9.59 Å². The molecule has 0 saturated heterocycles. The SMILES string of the molecule is CCCCCCn1nc(C(=O)OCC(=O)c2cc(C)n(Cc3cccs3)c2C)c2ccccc2c1=O. The highest BCUT2D eigenvalue weighted by Crippen LogP contribution is 2.20. The van der Waals surface area contributed by atoms with E-state index in [1.165, 1.54) is 9.56 Å². The number of hydrogen-bond acceptors (Lipinski definition) is 6. The van der Waals surface area contributed by atoms with Crippen LogP contribution in [0.2, 0.25) is 0 Å². The van der Waals surface area contributed by atoms with Crippen LogP contribution >= 0.6 is 11.3 Å². The minimum Gasteiger partial charge on any atom is -0.452 e. The van der Waals surface area contributed by atoms with E-state index in [0.717, 1.165) is 37.1 Å². The molecule has 0 fully saturated rings. The summed E-state index contributed by atoms with van der Waals surface area (Å²) >= 11 is 1.67. The normalized spacial score (nSPS) is 11.2. The molecule has 3 heterocycles. The number of rotatable bonds is 11. The summed E-state index contributed by atoms with van der Waals surface area (Å²) < 4.78 is 8.86. The number of ether oxygens (including phenoxy) is 1. The maximum atomic E-state index is 13.0. The average molecular weight is 506 g/mol. The summed E-state index contributed by atoms with van der Waals surface area (Å²) in [4.78, 5) is 40.1. The second-order valence-electron chi connectivity index (χ2n) is 8.93. The summed E-state index contributed by atoms with van der Waals surface area (Å²) in [6.07, 6.45) is 3.94. The Labute approximate surface area is 214 Å². The van der Waals surface area contributed by atoms with Gasteiger partial charge in [-0.1, -0.05) is 50.5 Å². The fourth-order valence-electron chi connectivity index (χ4n) is 4.39. The number of carbonyl (C=O) groups is 2. The van der Waals surface area contributed by atoms with Gasteiger partial charge in [0.2, 0.25) is 5.78 Å². The van der Waals surface area contributed by atoms with Crippen molar-refractivity contribution < 1.29 is 14.3 Å². The summed E-state index contributed by atoms with van der Waals surface area (Å²) in [6.45, 7) is 6.71. The zero-order valence-corrected chi connectivity index (χ0v) is 21.8. The number of esters is 1. The van der Waals surface area contributed by atoms with Gasteiger partial charge in [-0.25, -0.2) is 9.48 Å². The van der Waals surface area contributed by atoms with Crippen molar-refractivity contribution >= 4 is 33.9 Å². The van der Waals surface area contributed by atoms with E-state index < -0.39 is 12.6 Å². The van der Waals surface area contributed by atoms with Crippen molar-refractivity contribution in [1.82, 2.24) is 14.3 Å². The predicted octanol–water partition coefficient (Wildman–Crippen LogP) is 5.54. The summed E-state index contributed by atoms with van der Waals surface area (Å²) in [5.74, 6) is -0.986. The summed E-state index contributed by atoms with van der Waals surface area (Å²) in [5, 5.41) is 7.22. The lowest BCUT2D eigenvalue weighted by Gasteiger charge is -2.11. The minimum absolute atomic E-state index is 0.0525. The quantitative estimate of drug-likeness (QED) is 0.152. The first-order valence-corrected chi connectivity index (χ1v) is 13.2. The lowest BCUT2D eigenvalue weighted by molar-refractivity contribution is 0.0468. The predicted molar refractivity (Wildman–Crippen MR) is 142 cm³/mol. The van der Waals surface area contributed by atoms with Gasteiger partial charge < -0.3 is 9.30 Å². The zero-order valence-electron chi connectivity index (χ0n) is 21.0. The molecule has 0 aliphatic heterocycles. The molecule has 4 aromatic rings. The van der Waals surface area contributed by atoms with Crippen LogP contribution in [0.4, 0.5) is 0 Å². The van der Waals surface area contributed by atoms with Crippen LogP contribution < -0.4 is 5.56 Å². The Kier molecular flexibility index (Phi) is 8.15. The molecule has 0 bridgehead atoms. The second kappa shape index (κ2) is 11.5. The van der Waals surface area contributed by atoms with Crippen LogP contribution in [0.3, 0.4) is 0 Å². The molecule has 0 radical (unpaired) electrons. The van der Waals surface area contributed by atoms with Gasteiger partial charge in [-0.15, -0.1) is 11.3 Å². The number of aryl methyl sites for hydroxylation is 2. The van der Waals surface area contributed by atoms with Crippen molar-refractivity contribution in [3.05, 3.63) is 85.7 Å². The van der Waals surface area contributed by atoms with Crippen LogP contribution in [-0.2, 0) is 17.8 Å². The third kappa shape index (κ3) is 5.49. The first-order chi connectivity index (χ1) is 17.4. The third-order valence-corrected chi connectivity index (χ3v) is 7.25. The molecule has 0 atom stereocenters. The molecule has 36 heavy (non-hydrogen) atoms. The molecule has 0 unspecified atom stereocenters. The molecule has 0 saturated carbocycles. The molecule has 0 aliphatic carbocycles. The molecule has 0 aliphatic rings. The maximum Gasteiger partial charge on any atom is 0.359 e. The molecule has 3 aromatic heterocycles.